The van der Waals surface area contributed by atoms with Gasteiger partial charge in [0.05, 0.1) is 0 Å². The first-order chi connectivity index (χ1) is 20.6. The Bertz CT molecular complexity index is 385. The summed E-state index contributed by atoms with van der Waals surface area (Å²) in [5, 5.41) is 0. The molecule has 0 aromatic heterocycles. The van der Waals surface area contributed by atoms with E-state index in [1.54, 1.807) is 0 Å². The summed E-state index contributed by atoms with van der Waals surface area (Å²) in [5.74, 6) is 0. The molecule has 0 fully saturated rings. The molecule has 0 bridgehead atoms. The van der Waals surface area contributed by atoms with Crippen molar-refractivity contribution in [1.82, 2.24) is 0 Å². The summed E-state index contributed by atoms with van der Waals surface area (Å²) in [7, 11) is -3.13. The lowest BCUT2D eigenvalue weighted by molar-refractivity contribution is 0.330. The van der Waals surface area contributed by atoms with Crippen molar-refractivity contribution < 1.29 is 14.1 Å². The second-order valence-electron chi connectivity index (χ2n) is 12.5. The van der Waals surface area contributed by atoms with Gasteiger partial charge in [-0.25, -0.2) is 0 Å². The van der Waals surface area contributed by atoms with E-state index < -0.39 is 9.17 Å². The quantitative estimate of drug-likeness (QED) is 0.0444. The Morgan fingerprint density at radius 2 is 0.452 bits per heavy atom. The Morgan fingerprint density at radius 3 is 0.571 bits per heavy atom. The summed E-state index contributed by atoms with van der Waals surface area (Å²) in [6.07, 6.45) is 45.7. The number of unbranched alkanes of at least 4 members (excludes halogenated alkanes) is 30. The molecule has 0 aliphatic carbocycles. The van der Waals surface area contributed by atoms with E-state index in [1.807, 2.05) is 0 Å². The van der Waals surface area contributed by atoms with Crippen LogP contribution >= 0.6 is 0 Å². The van der Waals surface area contributed by atoms with Gasteiger partial charge in [0.25, 0.3) is 0 Å². The third-order valence-electron chi connectivity index (χ3n) is 8.12. The van der Waals surface area contributed by atoms with E-state index in [1.165, 1.54) is 205 Å². The SMILES string of the molecule is CCCCCCCCCCCCCCCCCCN.CCCCCCCCCCCCCCCCCCN.O=[Si](O)O. The van der Waals surface area contributed by atoms with Gasteiger partial charge in [-0.1, -0.05) is 206 Å². The molecular formula is C36H80N2O3Si. The van der Waals surface area contributed by atoms with E-state index in [2.05, 4.69) is 13.8 Å². The molecule has 0 aromatic carbocycles. The van der Waals surface area contributed by atoms with Crippen LogP contribution in [0, 0.1) is 0 Å². The molecule has 0 radical (unpaired) electrons. The third-order valence-corrected chi connectivity index (χ3v) is 8.12. The lowest BCUT2D eigenvalue weighted by Crippen LogP contribution is -1.97. The zero-order valence-electron chi connectivity index (χ0n) is 29.0. The summed E-state index contributed by atoms with van der Waals surface area (Å²) in [6, 6.07) is 0. The van der Waals surface area contributed by atoms with Gasteiger partial charge in [-0.15, -0.1) is 0 Å². The second-order valence-corrected chi connectivity index (χ2v) is 13.0. The Hall–Kier alpha value is -0.463. The van der Waals surface area contributed by atoms with Crippen LogP contribution in [0.3, 0.4) is 0 Å². The van der Waals surface area contributed by atoms with Crippen molar-refractivity contribution in [2.24, 2.45) is 11.5 Å². The molecule has 0 saturated heterocycles. The fourth-order valence-electron chi connectivity index (χ4n) is 5.38. The first-order valence-electron chi connectivity index (χ1n) is 18.9. The van der Waals surface area contributed by atoms with E-state index in [0.717, 1.165) is 13.1 Å². The maximum Gasteiger partial charge on any atom is 0.761 e. The molecule has 0 aromatic rings. The van der Waals surface area contributed by atoms with Crippen molar-refractivity contribution in [1.29, 1.82) is 0 Å². The normalized spacial score (nSPS) is 10.6. The predicted molar refractivity (Wildman–Crippen MR) is 188 cm³/mol. The maximum absolute atomic E-state index is 8.74. The molecule has 0 amide bonds. The van der Waals surface area contributed by atoms with E-state index in [9.17, 15) is 0 Å². The van der Waals surface area contributed by atoms with Gasteiger partial charge in [0.15, 0.2) is 0 Å². The molecule has 0 saturated carbocycles. The van der Waals surface area contributed by atoms with Crippen molar-refractivity contribution in [3.63, 3.8) is 0 Å². The largest absolute Gasteiger partial charge is 0.761 e. The average molecular weight is 617 g/mol. The zero-order valence-corrected chi connectivity index (χ0v) is 30.0. The standard InChI is InChI=1S/2C18H39N.H2O3Si/c2*1-2-3-4-5-6-7-8-9-10-11-12-13-14-15-16-17-18-19;1-4(2)3/h2*2-19H2,1H3;1-2H. The summed E-state index contributed by atoms with van der Waals surface area (Å²) in [4.78, 5) is 14.3. The lowest BCUT2D eigenvalue weighted by Gasteiger charge is -2.03. The van der Waals surface area contributed by atoms with Gasteiger partial charge < -0.3 is 21.1 Å². The van der Waals surface area contributed by atoms with Gasteiger partial charge in [-0.05, 0) is 25.9 Å². The van der Waals surface area contributed by atoms with Gasteiger partial charge in [0.1, 0.15) is 0 Å². The van der Waals surface area contributed by atoms with Gasteiger partial charge in [-0.3, -0.25) is 4.46 Å². The maximum atomic E-state index is 8.74. The summed E-state index contributed by atoms with van der Waals surface area (Å²) in [6.45, 7) is 6.33. The molecule has 0 aliphatic heterocycles. The molecule has 6 heteroatoms. The number of nitrogens with two attached hydrogens (primary N) is 2. The van der Waals surface area contributed by atoms with Gasteiger partial charge in [0, 0.05) is 0 Å². The highest BCUT2D eigenvalue weighted by Crippen LogP contribution is 2.15. The van der Waals surface area contributed by atoms with Crippen molar-refractivity contribution >= 4 is 9.17 Å². The molecule has 0 unspecified atom stereocenters. The number of rotatable bonds is 32. The highest BCUT2D eigenvalue weighted by Gasteiger charge is 1.95. The second kappa shape index (κ2) is 47.5. The van der Waals surface area contributed by atoms with Crippen LogP contribution in [0.2, 0.25) is 0 Å². The van der Waals surface area contributed by atoms with E-state index in [4.69, 9.17) is 25.5 Å². The molecule has 256 valence electrons. The van der Waals surface area contributed by atoms with Crippen LogP contribution in [-0.4, -0.2) is 31.9 Å². The van der Waals surface area contributed by atoms with E-state index >= 15 is 0 Å². The molecule has 6 N–H and O–H groups in total. The molecule has 0 spiro atoms. The number of hydrogen-bond donors (Lipinski definition) is 4. The van der Waals surface area contributed by atoms with Crippen molar-refractivity contribution in [3.8, 4) is 0 Å². The molecular weight excluding hydrogens is 536 g/mol. The Morgan fingerprint density at radius 1 is 0.333 bits per heavy atom. The van der Waals surface area contributed by atoms with Crippen molar-refractivity contribution in [2.75, 3.05) is 13.1 Å². The van der Waals surface area contributed by atoms with Crippen LogP contribution in [-0.2, 0) is 4.46 Å². The first kappa shape index (κ1) is 46.0. The topological polar surface area (TPSA) is 110 Å². The fraction of sp³-hybridized carbons (Fsp3) is 1.00. The fourth-order valence-corrected chi connectivity index (χ4v) is 5.38. The first-order valence-corrected chi connectivity index (χ1v) is 20.2. The van der Waals surface area contributed by atoms with Crippen LogP contribution in [0.15, 0.2) is 0 Å². The van der Waals surface area contributed by atoms with Gasteiger partial charge in [0.2, 0.25) is 0 Å². The molecule has 5 nitrogen and oxygen atoms in total. The van der Waals surface area contributed by atoms with E-state index in [0.29, 0.717) is 0 Å². The highest BCUT2D eigenvalue weighted by atomic mass is 28.3. The Labute approximate surface area is 266 Å². The predicted octanol–water partition coefficient (Wildman–Crippen LogP) is 10.8. The van der Waals surface area contributed by atoms with E-state index in [-0.39, 0.29) is 0 Å². The Balaban J connectivity index is -0.000000641. The minimum atomic E-state index is -3.13. The molecule has 0 aliphatic rings. The number of hydrogen-bond acceptors (Lipinski definition) is 3. The zero-order chi connectivity index (χ0) is 31.6. The van der Waals surface area contributed by atoms with Crippen LogP contribution in [0.5, 0.6) is 0 Å². The third kappa shape index (κ3) is 59.0. The van der Waals surface area contributed by atoms with Crippen LogP contribution < -0.4 is 11.5 Å². The van der Waals surface area contributed by atoms with Crippen LogP contribution in [0.25, 0.3) is 0 Å². The van der Waals surface area contributed by atoms with Crippen LogP contribution in [0.1, 0.15) is 219 Å². The smallest absolute Gasteiger partial charge is 0.511 e. The molecule has 42 heavy (non-hydrogen) atoms. The minimum absolute atomic E-state index is 0.873. The monoisotopic (exact) mass is 617 g/mol. The molecule has 0 rings (SSSR count). The van der Waals surface area contributed by atoms with Crippen molar-refractivity contribution in [2.45, 2.75) is 219 Å². The minimum Gasteiger partial charge on any atom is -0.511 e. The van der Waals surface area contributed by atoms with Gasteiger partial charge >= 0.3 is 9.17 Å². The average Bonchev–Trinajstić information content (AvgIpc) is 2.97. The van der Waals surface area contributed by atoms with Crippen LogP contribution in [0.4, 0.5) is 0 Å². The van der Waals surface area contributed by atoms with Gasteiger partial charge in [-0.2, -0.15) is 0 Å². The summed E-state index contributed by atoms with van der Waals surface area (Å²) in [5.41, 5.74) is 11.0. The highest BCUT2D eigenvalue weighted by molar-refractivity contribution is 6.22. The summed E-state index contributed by atoms with van der Waals surface area (Å²) < 4.78 is 8.74. The summed E-state index contributed by atoms with van der Waals surface area (Å²) >= 11 is 0. The molecule has 0 heterocycles. The lowest BCUT2D eigenvalue weighted by atomic mass is 10.0. The Kier molecular flexibility index (Phi) is 51.9. The molecule has 0 atom stereocenters. The van der Waals surface area contributed by atoms with Crippen molar-refractivity contribution in [3.05, 3.63) is 0 Å².